The fourth-order valence-electron chi connectivity index (χ4n) is 1.70. The molecule has 0 aliphatic rings. The molecule has 1 aromatic carbocycles. The molecule has 0 unspecified atom stereocenters. The standard InChI is InChI=1S/C14H16OS/c1-3-11-5-7-12(8-6-11)14(15)13-9-4-10(2)16-13/h4-9,14-15H,3H2,1-2H3/t14-/m0/s1. The van der Waals surface area contributed by atoms with Gasteiger partial charge in [0.25, 0.3) is 0 Å². The second kappa shape index (κ2) is 4.81. The van der Waals surface area contributed by atoms with Crippen molar-refractivity contribution in [1.29, 1.82) is 0 Å². The minimum Gasteiger partial charge on any atom is -0.383 e. The lowest BCUT2D eigenvalue weighted by Crippen LogP contribution is -1.96. The first-order valence-electron chi connectivity index (χ1n) is 5.54. The number of hydrogen-bond donors (Lipinski definition) is 1. The molecule has 1 atom stereocenters. The summed E-state index contributed by atoms with van der Waals surface area (Å²) in [7, 11) is 0. The predicted octanol–water partition coefficient (Wildman–Crippen LogP) is 3.70. The highest BCUT2D eigenvalue weighted by Gasteiger charge is 2.11. The van der Waals surface area contributed by atoms with Gasteiger partial charge in [-0.25, -0.2) is 0 Å². The second-order valence-electron chi connectivity index (χ2n) is 3.95. The van der Waals surface area contributed by atoms with Gasteiger partial charge in [-0.05, 0) is 36.6 Å². The van der Waals surface area contributed by atoms with Gasteiger partial charge in [-0.3, -0.25) is 0 Å². The van der Waals surface area contributed by atoms with Crippen molar-refractivity contribution in [1.82, 2.24) is 0 Å². The fourth-order valence-corrected chi connectivity index (χ4v) is 2.59. The molecule has 2 rings (SSSR count). The van der Waals surface area contributed by atoms with E-state index >= 15 is 0 Å². The Morgan fingerprint density at radius 3 is 2.31 bits per heavy atom. The number of aliphatic hydroxyl groups excluding tert-OH is 1. The van der Waals surface area contributed by atoms with Crippen LogP contribution >= 0.6 is 11.3 Å². The van der Waals surface area contributed by atoms with Gasteiger partial charge < -0.3 is 5.11 Å². The molecule has 1 heterocycles. The van der Waals surface area contributed by atoms with E-state index in [-0.39, 0.29) is 0 Å². The summed E-state index contributed by atoms with van der Waals surface area (Å²) in [5.74, 6) is 0. The van der Waals surface area contributed by atoms with Crippen LogP contribution in [-0.2, 0) is 6.42 Å². The maximum absolute atomic E-state index is 10.2. The van der Waals surface area contributed by atoms with Crippen LogP contribution in [0.5, 0.6) is 0 Å². The van der Waals surface area contributed by atoms with Gasteiger partial charge in [0, 0.05) is 9.75 Å². The summed E-state index contributed by atoms with van der Waals surface area (Å²) in [5.41, 5.74) is 2.28. The van der Waals surface area contributed by atoms with Crippen molar-refractivity contribution >= 4 is 11.3 Å². The molecule has 2 heteroatoms. The molecule has 0 aliphatic carbocycles. The lowest BCUT2D eigenvalue weighted by atomic mass is 10.0. The normalized spacial score (nSPS) is 12.7. The third-order valence-electron chi connectivity index (χ3n) is 2.73. The zero-order chi connectivity index (χ0) is 11.5. The Labute approximate surface area is 100 Å². The maximum atomic E-state index is 10.2. The Kier molecular flexibility index (Phi) is 3.42. The van der Waals surface area contributed by atoms with E-state index in [9.17, 15) is 5.11 Å². The van der Waals surface area contributed by atoms with E-state index in [2.05, 4.69) is 26.0 Å². The minimum absolute atomic E-state index is 0.482. The molecule has 0 saturated heterocycles. The fraction of sp³-hybridized carbons (Fsp3) is 0.286. The molecule has 2 aromatic rings. The molecule has 1 N–H and O–H groups in total. The van der Waals surface area contributed by atoms with Gasteiger partial charge in [-0.15, -0.1) is 11.3 Å². The molecule has 0 amide bonds. The van der Waals surface area contributed by atoms with E-state index in [0.717, 1.165) is 16.9 Å². The van der Waals surface area contributed by atoms with Crippen molar-refractivity contribution in [2.24, 2.45) is 0 Å². The van der Waals surface area contributed by atoms with E-state index in [1.807, 2.05) is 24.3 Å². The summed E-state index contributed by atoms with van der Waals surface area (Å²) in [6.07, 6.45) is 0.554. The summed E-state index contributed by atoms with van der Waals surface area (Å²) >= 11 is 1.65. The second-order valence-corrected chi connectivity index (χ2v) is 5.27. The largest absolute Gasteiger partial charge is 0.383 e. The smallest absolute Gasteiger partial charge is 0.113 e. The Morgan fingerprint density at radius 2 is 1.81 bits per heavy atom. The van der Waals surface area contributed by atoms with Crippen LogP contribution < -0.4 is 0 Å². The molecular formula is C14H16OS. The van der Waals surface area contributed by atoms with Gasteiger partial charge in [0.2, 0.25) is 0 Å². The highest BCUT2D eigenvalue weighted by Crippen LogP contribution is 2.28. The maximum Gasteiger partial charge on any atom is 0.113 e. The van der Waals surface area contributed by atoms with Crippen molar-refractivity contribution in [3.8, 4) is 0 Å². The van der Waals surface area contributed by atoms with Crippen molar-refractivity contribution < 1.29 is 5.11 Å². The average molecular weight is 232 g/mol. The van der Waals surface area contributed by atoms with Crippen LogP contribution in [0.1, 0.15) is 33.9 Å². The summed E-state index contributed by atoms with van der Waals surface area (Å²) in [6, 6.07) is 12.2. The van der Waals surface area contributed by atoms with E-state index in [0.29, 0.717) is 0 Å². The summed E-state index contributed by atoms with van der Waals surface area (Å²) < 4.78 is 0. The number of aryl methyl sites for hydroxylation is 2. The zero-order valence-corrected chi connectivity index (χ0v) is 10.4. The van der Waals surface area contributed by atoms with Gasteiger partial charge in [0.1, 0.15) is 6.10 Å². The van der Waals surface area contributed by atoms with E-state index in [1.54, 1.807) is 11.3 Å². The summed E-state index contributed by atoms with van der Waals surface area (Å²) in [6.45, 7) is 4.19. The van der Waals surface area contributed by atoms with E-state index in [1.165, 1.54) is 10.4 Å². The number of benzene rings is 1. The highest BCUT2D eigenvalue weighted by atomic mass is 32.1. The molecule has 0 fully saturated rings. The summed E-state index contributed by atoms with van der Waals surface area (Å²) in [4.78, 5) is 2.25. The molecular weight excluding hydrogens is 216 g/mol. The van der Waals surface area contributed by atoms with Crippen LogP contribution in [0, 0.1) is 6.92 Å². The highest BCUT2D eigenvalue weighted by molar-refractivity contribution is 7.12. The molecule has 1 aromatic heterocycles. The van der Waals surface area contributed by atoms with Crippen LogP contribution in [0.25, 0.3) is 0 Å². The van der Waals surface area contributed by atoms with Crippen molar-refractivity contribution in [3.63, 3.8) is 0 Å². The van der Waals surface area contributed by atoms with Crippen LogP contribution in [0.3, 0.4) is 0 Å². The Hall–Kier alpha value is -1.12. The minimum atomic E-state index is -0.482. The Balaban J connectivity index is 2.23. The predicted molar refractivity (Wildman–Crippen MR) is 68.9 cm³/mol. The van der Waals surface area contributed by atoms with E-state index in [4.69, 9.17) is 0 Å². The van der Waals surface area contributed by atoms with Crippen molar-refractivity contribution in [2.45, 2.75) is 26.4 Å². The van der Waals surface area contributed by atoms with Crippen molar-refractivity contribution in [3.05, 3.63) is 57.3 Å². The molecule has 0 bridgehead atoms. The van der Waals surface area contributed by atoms with Crippen LogP contribution in [0.15, 0.2) is 36.4 Å². The number of thiophene rings is 1. The topological polar surface area (TPSA) is 20.2 Å². The van der Waals surface area contributed by atoms with Crippen LogP contribution in [0.4, 0.5) is 0 Å². The third kappa shape index (κ3) is 2.34. The van der Waals surface area contributed by atoms with Gasteiger partial charge in [0.05, 0.1) is 0 Å². The van der Waals surface area contributed by atoms with Crippen LogP contribution in [-0.4, -0.2) is 5.11 Å². The number of hydrogen-bond acceptors (Lipinski definition) is 2. The van der Waals surface area contributed by atoms with Gasteiger partial charge in [-0.1, -0.05) is 31.2 Å². The quantitative estimate of drug-likeness (QED) is 0.855. The first-order valence-corrected chi connectivity index (χ1v) is 6.35. The van der Waals surface area contributed by atoms with Gasteiger partial charge >= 0.3 is 0 Å². The average Bonchev–Trinajstić information content (AvgIpc) is 2.75. The molecule has 84 valence electrons. The molecule has 0 radical (unpaired) electrons. The lowest BCUT2D eigenvalue weighted by Gasteiger charge is -2.09. The first kappa shape index (κ1) is 11.4. The lowest BCUT2D eigenvalue weighted by molar-refractivity contribution is 0.224. The monoisotopic (exact) mass is 232 g/mol. The summed E-state index contributed by atoms with van der Waals surface area (Å²) in [5, 5.41) is 10.2. The molecule has 0 saturated carbocycles. The molecule has 0 spiro atoms. The first-order chi connectivity index (χ1) is 7.70. The van der Waals surface area contributed by atoms with Crippen molar-refractivity contribution in [2.75, 3.05) is 0 Å². The molecule has 1 nitrogen and oxygen atoms in total. The molecule has 16 heavy (non-hydrogen) atoms. The SMILES string of the molecule is CCc1ccc([C@H](O)c2ccc(C)s2)cc1. The Bertz CT molecular complexity index is 456. The van der Waals surface area contributed by atoms with E-state index < -0.39 is 6.10 Å². The molecule has 0 aliphatic heterocycles. The Morgan fingerprint density at radius 1 is 1.12 bits per heavy atom. The van der Waals surface area contributed by atoms with Crippen LogP contribution in [0.2, 0.25) is 0 Å². The zero-order valence-electron chi connectivity index (χ0n) is 9.60. The number of rotatable bonds is 3. The van der Waals surface area contributed by atoms with Gasteiger partial charge in [0.15, 0.2) is 0 Å². The third-order valence-corrected chi connectivity index (χ3v) is 3.79. The van der Waals surface area contributed by atoms with Gasteiger partial charge in [-0.2, -0.15) is 0 Å². The number of aliphatic hydroxyl groups is 1.